The van der Waals surface area contributed by atoms with Crippen LogP contribution >= 0.6 is 0 Å². The Morgan fingerprint density at radius 3 is 2.53 bits per heavy atom. The van der Waals surface area contributed by atoms with Gasteiger partial charge in [-0.25, -0.2) is 13.6 Å². The predicted molar refractivity (Wildman–Crippen MR) is 162 cm³/mol. The van der Waals surface area contributed by atoms with Crippen molar-refractivity contribution in [1.29, 1.82) is 0 Å². The van der Waals surface area contributed by atoms with E-state index in [2.05, 4.69) is 46.6 Å². The number of nitrogens with zero attached hydrogens (tertiary/aromatic N) is 2. The van der Waals surface area contributed by atoms with Crippen LogP contribution in [0.2, 0.25) is 0 Å². The molecular weight excluding hydrogens is 550 g/mol. The van der Waals surface area contributed by atoms with Gasteiger partial charge in [-0.15, -0.1) is 0 Å². The summed E-state index contributed by atoms with van der Waals surface area (Å²) in [5.41, 5.74) is 0.112. The van der Waals surface area contributed by atoms with Crippen molar-refractivity contribution in [2.75, 3.05) is 26.2 Å². The molecule has 3 amide bonds. The maximum absolute atomic E-state index is 16.5. The van der Waals surface area contributed by atoms with E-state index in [1.165, 1.54) is 6.08 Å². The van der Waals surface area contributed by atoms with Gasteiger partial charge in [-0.3, -0.25) is 10.1 Å². The number of amides is 3. The molecule has 1 spiro atoms. The van der Waals surface area contributed by atoms with Crippen LogP contribution in [-0.4, -0.2) is 96.6 Å². The summed E-state index contributed by atoms with van der Waals surface area (Å²) in [4.78, 5) is 30.3. The number of piperidine rings is 2. The van der Waals surface area contributed by atoms with Gasteiger partial charge in [0.15, 0.2) is 0 Å². The lowest BCUT2D eigenvalue weighted by Gasteiger charge is -2.64. The third kappa shape index (κ3) is 5.11. The molecule has 2 aliphatic carbocycles. The van der Waals surface area contributed by atoms with Crippen molar-refractivity contribution >= 4 is 11.9 Å². The average molecular weight is 603 g/mol. The second-order valence-electron chi connectivity index (χ2n) is 15.5. The Hall–Kier alpha value is -1.78. The zero-order valence-electron chi connectivity index (χ0n) is 25.9. The topological polar surface area (TPSA) is 88.7 Å². The normalized spacial score (nSPS) is 44.6. The lowest BCUT2D eigenvalue weighted by molar-refractivity contribution is -0.155. The van der Waals surface area contributed by atoms with E-state index in [1.54, 1.807) is 0 Å². The van der Waals surface area contributed by atoms with Crippen LogP contribution in [0.3, 0.4) is 0 Å². The van der Waals surface area contributed by atoms with E-state index in [-0.39, 0.29) is 59.5 Å². The fraction of sp³-hybridized carbons (Fsp3) is 0.879. The van der Waals surface area contributed by atoms with E-state index < -0.39 is 24.3 Å². The molecule has 8 nitrogen and oxygen atoms in total. The number of nitrogens with one attached hydrogen (secondary N) is 4. The van der Waals surface area contributed by atoms with Gasteiger partial charge in [0, 0.05) is 54.5 Å². The first kappa shape index (κ1) is 29.9. The second kappa shape index (κ2) is 11.5. The van der Waals surface area contributed by atoms with Crippen LogP contribution in [-0.2, 0) is 4.79 Å². The average Bonchev–Trinajstić information content (AvgIpc) is 2.93. The minimum atomic E-state index is -1.17. The Morgan fingerprint density at radius 1 is 1.00 bits per heavy atom. The van der Waals surface area contributed by atoms with Crippen LogP contribution in [0.5, 0.6) is 0 Å². The molecular formula is C33H52F2N6O2. The minimum absolute atomic E-state index is 0.00731. The molecule has 11 atom stereocenters. The largest absolute Gasteiger partial charge is 0.338 e. The van der Waals surface area contributed by atoms with Crippen LogP contribution in [0.25, 0.3) is 0 Å². The second-order valence-corrected chi connectivity index (χ2v) is 15.5. The van der Waals surface area contributed by atoms with Crippen molar-refractivity contribution in [3.05, 3.63) is 12.7 Å². The molecule has 7 rings (SSSR count). The molecule has 0 radical (unpaired) electrons. The Morgan fingerprint density at radius 2 is 1.79 bits per heavy atom. The number of hydrogen-bond donors (Lipinski definition) is 4. The predicted octanol–water partition coefficient (Wildman–Crippen LogP) is 3.34. The van der Waals surface area contributed by atoms with Crippen molar-refractivity contribution < 1.29 is 18.4 Å². The highest BCUT2D eigenvalue weighted by atomic mass is 19.1. The summed E-state index contributed by atoms with van der Waals surface area (Å²) in [5.74, 6) is 0.384. The SMILES string of the molecule is C=CC(=O)N1CC2(CC(C3NC(=O)N4C5NC(C(F)CC35)C3C(F)CCCC3NCCCC3CCNC(C(C)C)C34)C2)C1. The molecule has 10 heteroatoms. The van der Waals surface area contributed by atoms with Crippen molar-refractivity contribution in [1.82, 2.24) is 31.1 Å². The lowest BCUT2D eigenvalue weighted by Crippen LogP contribution is -2.79. The number of urea groups is 1. The number of carbonyl (C=O) groups is 2. The maximum Gasteiger partial charge on any atom is 0.319 e. The van der Waals surface area contributed by atoms with Gasteiger partial charge >= 0.3 is 6.03 Å². The molecule has 4 N–H and O–H groups in total. The molecule has 0 aromatic rings. The Labute approximate surface area is 255 Å². The highest BCUT2D eigenvalue weighted by molar-refractivity contribution is 5.87. The van der Waals surface area contributed by atoms with Crippen molar-refractivity contribution in [3.63, 3.8) is 0 Å². The van der Waals surface area contributed by atoms with Gasteiger partial charge in [-0.2, -0.15) is 0 Å². The summed E-state index contributed by atoms with van der Waals surface area (Å²) in [6.45, 7) is 11.3. The molecule has 5 saturated heterocycles. The van der Waals surface area contributed by atoms with Crippen LogP contribution in [0.15, 0.2) is 12.7 Å². The van der Waals surface area contributed by atoms with E-state index in [0.717, 1.165) is 71.1 Å². The highest BCUT2D eigenvalue weighted by Gasteiger charge is 2.61. The molecule has 7 fully saturated rings. The van der Waals surface area contributed by atoms with Gasteiger partial charge in [0.25, 0.3) is 0 Å². The molecule has 43 heavy (non-hydrogen) atoms. The third-order valence-electron chi connectivity index (χ3n) is 12.6. The van der Waals surface area contributed by atoms with Crippen LogP contribution in [0.1, 0.15) is 71.6 Å². The summed E-state index contributed by atoms with van der Waals surface area (Å²) in [5, 5.41) is 14.6. The molecule has 2 bridgehead atoms. The summed E-state index contributed by atoms with van der Waals surface area (Å²) >= 11 is 0. The molecule has 7 aliphatic rings. The van der Waals surface area contributed by atoms with Crippen molar-refractivity contribution in [2.24, 2.45) is 35.0 Å². The molecule has 240 valence electrons. The van der Waals surface area contributed by atoms with E-state index in [9.17, 15) is 9.59 Å². The zero-order chi connectivity index (χ0) is 30.0. The molecule has 5 aliphatic heterocycles. The van der Waals surface area contributed by atoms with Crippen molar-refractivity contribution in [3.8, 4) is 0 Å². The Kier molecular flexibility index (Phi) is 8.03. The van der Waals surface area contributed by atoms with Gasteiger partial charge in [-0.05, 0) is 94.7 Å². The van der Waals surface area contributed by atoms with Gasteiger partial charge in [0.05, 0.1) is 12.2 Å². The van der Waals surface area contributed by atoms with E-state index in [4.69, 9.17) is 0 Å². The minimum Gasteiger partial charge on any atom is -0.338 e. The van der Waals surface area contributed by atoms with Crippen LogP contribution < -0.4 is 21.3 Å². The molecule has 0 aromatic heterocycles. The molecule has 2 saturated carbocycles. The Bertz CT molecular complexity index is 1080. The third-order valence-corrected chi connectivity index (χ3v) is 12.6. The van der Waals surface area contributed by atoms with Gasteiger partial charge in [0.2, 0.25) is 5.91 Å². The monoisotopic (exact) mass is 602 g/mol. The number of likely N-dealkylation sites (tertiary alicyclic amines) is 1. The number of carbonyl (C=O) groups excluding carboxylic acids is 2. The summed E-state index contributed by atoms with van der Waals surface area (Å²) in [6, 6.07) is -0.704. The summed E-state index contributed by atoms with van der Waals surface area (Å²) < 4.78 is 32.2. The van der Waals surface area contributed by atoms with E-state index in [1.807, 2.05) is 4.90 Å². The van der Waals surface area contributed by atoms with E-state index in [0.29, 0.717) is 24.7 Å². The lowest BCUT2D eigenvalue weighted by atomic mass is 9.53. The first-order valence-electron chi connectivity index (χ1n) is 17.2. The quantitative estimate of drug-likeness (QED) is 0.373. The number of rotatable bonds is 3. The van der Waals surface area contributed by atoms with Gasteiger partial charge in [0.1, 0.15) is 12.3 Å². The first-order chi connectivity index (χ1) is 20.7. The van der Waals surface area contributed by atoms with Crippen molar-refractivity contribution in [2.45, 2.75) is 120 Å². The fourth-order valence-corrected chi connectivity index (χ4v) is 10.7. The maximum atomic E-state index is 16.5. The first-order valence-corrected chi connectivity index (χ1v) is 17.2. The molecule has 11 unspecified atom stereocenters. The highest BCUT2D eigenvalue weighted by Crippen LogP contribution is 2.55. The molecule has 0 aromatic carbocycles. The fourth-order valence-electron chi connectivity index (χ4n) is 10.7. The van der Waals surface area contributed by atoms with E-state index >= 15 is 8.78 Å². The zero-order valence-corrected chi connectivity index (χ0v) is 25.9. The molecule has 5 heterocycles. The van der Waals surface area contributed by atoms with Crippen LogP contribution in [0, 0.1) is 35.0 Å². The van der Waals surface area contributed by atoms with Gasteiger partial charge in [-0.1, -0.05) is 20.4 Å². The number of fused-ring (bicyclic) bond motifs is 5. The summed E-state index contributed by atoms with van der Waals surface area (Å²) in [6.07, 6.45) is 6.22. The standard InChI is InChI=1S/C33H52F2N6O2/c1-4-25(42)40-16-33(17-40)14-20(15-33)28-21-13-23(35)29-26-22(34)8-5-9-24(26)36-11-6-7-19-10-12-37-27(18(2)3)30(19)41(31(21)38-29)32(43)39-28/h4,18-24,26-31,36-38H,1,5-17H2,2-3H3,(H,39,43). The Balaban J connectivity index is 1.20. The van der Waals surface area contributed by atoms with Gasteiger partial charge < -0.3 is 25.8 Å². The van der Waals surface area contributed by atoms with Crippen LogP contribution in [0.4, 0.5) is 13.6 Å². The number of halogens is 2. The summed E-state index contributed by atoms with van der Waals surface area (Å²) in [7, 11) is 0. The number of alkyl halides is 2. The smallest absolute Gasteiger partial charge is 0.319 e. The number of hydrogen-bond acceptors (Lipinski definition) is 5.